The van der Waals surface area contributed by atoms with E-state index in [0.717, 1.165) is 10.4 Å². The van der Waals surface area contributed by atoms with Crippen molar-refractivity contribution in [1.82, 2.24) is 10.2 Å². The minimum Gasteiger partial charge on any atom is -0.407 e. The number of anilines is 1. The highest BCUT2D eigenvalue weighted by molar-refractivity contribution is 7.09. The summed E-state index contributed by atoms with van der Waals surface area (Å²) in [7, 11) is 0. The minimum absolute atomic E-state index is 0.0744. The van der Waals surface area contributed by atoms with Gasteiger partial charge in [0.05, 0.1) is 6.42 Å². The van der Waals surface area contributed by atoms with Crippen LogP contribution in [0.25, 0.3) is 6.08 Å². The Bertz CT molecular complexity index is 827. The van der Waals surface area contributed by atoms with Gasteiger partial charge in [0.25, 0.3) is 5.91 Å². The van der Waals surface area contributed by atoms with E-state index in [2.05, 4.69) is 15.5 Å². The van der Waals surface area contributed by atoms with E-state index in [-0.39, 0.29) is 11.9 Å². The van der Waals surface area contributed by atoms with Crippen molar-refractivity contribution in [3.8, 4) is 0 Å². The Morgan fingerprint density at radius 3 is 2.91 bits per heavy atom. The number of rotatable bonds is 5. The number of thiophene rings is 1. The van der Waals surface area contributed by atoms with Gasteiger partial charge in [-0.05, 0) is 29.2 Å². The van der Waals surface area contributed by atoms with Crippen molar-refractivity contribution in [3.63, 3.8) is 0 Å². The van der Waals surface area contributed by atoms with Crippen LogP contribution in [0.2, 0.25) is 5.02 Å². The monoisotopic (exact) mass is 345 g/mol. The number of benzene rings is 1. The number of nitrogens with one attached hydrogen (secondary N) is 1. The first-order valence-corrected chi connectivity index (χ1v) is 8.05. The standard InChI is InChI=1S/C16H12ClN3O2S/c17-13-6-2-1-4-11(13)7-8-14(21)18-16-20-19-15(22-16)10-12-5-3-9-23-12/h1-9H,10H2,(H,18,20,21). The highest BCUT2D eigenvalue weighted by atomic mass is 35.5. The highest BCUT2D eigenvalue weighted by Crippen LogP contribution is 2.17. The lowest BCUT2D eigenvalue weighted by atomic mass is 10.2. The van der Waals surface area contributed by atoms with Crippen LogP contribution in [-0.4, -0.2) is 16.1 Å². The van der Waals surface area contributed by atoms with Crippen LogP contribution < -0.4 is 5.32 Å². The quantitative estimate of drug-likeness (QED) is 0.709. The van der Waals surface area contributed by atoms with Gasteiger partial charge < -0.3 is 4.42 Å². The SMILES string of the molecule is O=C(C=Cc1ccccc1Cl)Nc1nnc(Cc2cccs2)o1. The molecule has 0 saturated carbocycles. The molecule has 0 radical (unpaired) electrons. The van der Waals surface area contributed by atoms with Crippen LogP contribution in [0.15, 0.2) is 52.3 Å². The van der Waals surface area contributed by atoms with Gasteiger partial charge in [-0.3, -0.25) is 10.1 Å². The second-order valence-corrected chi connectivity index (χ2v) is 6.04. The zero-order chi connectivity index (χ0) is 16.1. The van der Waals surface area contributed by atoms with Gasteiger partial charge >= 0.3 is 6.01 Å². The lowest BCUT2D eigenvalue weighted by molar-refractivity contribution is -0.112. The van der Waals surface area contributed by atoms with Crippen molar-refractivity contribution >= 4 is 40.9 Å². The van der Waals surface area contributed by atoms with Gasteiger partial charge in [0, 0.05) is 16.0 Å². The maximum absolute atomic E-state index is 11.9. The molecule has 0 saturated heterocycles. The minimum atomic E-state index is -0.365. The smallest absolute Gasteiger partial charge is 0.322 e. The fourth-order valence-corrected chi connectivity index (χ4v) is 2.76. The second-order valence-electron chi connectivity index (χ2n) is 4.60. The first kappa shape index (κ1) is 15.5. The molecule has 23 heavy (non-hydrogen) atoms. The van der Waals surface area contributed by atoms with E-state index in [9.17, 15) is 4.79 Å². The third-order valence-electron chi connectivity index (χ3n) is 2.92. The van der Waals surface area contributed by atoms with Gasteiger partial charge in [-0.25, -0.2) is 0 Å². The normalized spacial score (nSPS) is 11.0. The molecule has 3 rings (SSSR count). The topological polar surface area (TPSA) is 68.0 Å². The molecule has 0 bridgehead atoms. The molecule has 0 aliphatic rings. The molecule has 0 unspecified atom stereocenters. The van der Waals surface area contributed by atoms with Gasteiger partial charge in [-0.2, -0.15) is 0 Å². The Hall–Kier alpha value is -2.44. The predicted molar refractivity (Wildman–Crippen MR) is 90.5 cm³/mol. The fourth-order valence-electron chi connectivity index (χ4n) is 1.86. The average Bonchev–Trinajstić information content (AvgIpc) is 3.19. The summed E-state index contributed by atoms with van der Waals surface area (Å²) in [6.45, 7) is 0. The van der Waals surface area contributed by atoms with Crippen molar-refractivity contribution in [1.29, 1.82) is 0 Å². The van der Waals surface area contributed by atoms with Gasteiger partial charge in [0.15, 0.2) is 0 Å². The van der Waals surface area contributed by atoms with E-state index in [4.69, 9.17) is 16.0 Å². The molecule has 1 amide bonds. The van der Waals surface area contributed by atoms with Gasteiger partial charge in [-0.1, -0.05) is 41.0 Å². The van der Waals surface area contributed by atoms with E-state index < -0.39 is 0 Å². The number of aromatic nitrogens is 2. The fraction of sp³-hybridized carbons (Fsp3) is 0.0625. The molecule has 3 aromatic rings. The van der Waals surface area contributed by atoms with Crippen molar-refractivity contribution in [2.45, 2.75) is 6.42 Å². The Morgan fingerprint density at radius 2 is 2.13 bits per heavy atom. The summed E-state index contributed by atoms with van der Waals surface area (Å²) < 4.78 is 5.40. The molecule has 1 N–H and O–H groups in total. The van der Waals surface area contributed by atoms with E-state index in [1.807, 2.05) is 35.7 Å². The lowest BCUT2D eigenvalue weighted by Gasteiger charge is -1.97. The van der Waals surface area contributed by atoms with Crippen LogP contribution >= 0.6 is 22.9 Å². The van der Waals surface area contributed by atoms with Crippen LogP contribution in [0.5, 0.6) is 0 Å². The maximum atomic E-state index is 11.9. The predicted octanol–water partition coefficient (Wildman–Crippen LogP) is 4.03. The summed E-state index contributed by atoms with van der Waals surface area (Å²) >= 11 is 7.63. The van der Waals surface area contributed by atoms with Crippen LogP contribution in [-0.2, 0) is 11.2 Å². The molecule has 0 spiro atoms. The maximum Gasteiger partial charge on any atom is 0.322 e. The molecule has 0 aliphatic heterocycles. The molecule has 2 heterocycles. The Kier molecular flexibility index (Phi) is 4.85. The first-order chi connectivity index (χ1) is 11.2. The molecule has 116 valence electrons. The molecule has 1 aromatic carbocycles. The molecule has 2 aromatic heterocycles. The number of hydrogen-bond donors (Lipinski definition) is 1. The van der Waals surface area contributed by atoms with Crippen LogP contribution in [0.3, 0.4) is 0 Å². The van der Waals surface area contributed by atoms with Gasteiger partial charge in [-0.15, -0.1) is 16.4 Å². The van der Waals surface area contributed by atoms with E-state index in [1.165, 1.54) is 6.08 Å². The van der Waals surface area contributed by atoms with E-state index >= 15 is 0 Å². The van der Waals surface area contributed by atoms with Crippen LogP contribution in [0.4, 0.5) is 6.01 Å². The zero-order valence-corrected chi connectivity index (χ0v) is 13.5. The van der Waals surface area contributed by atoms with Gasteiger partial charge in [0.2, 0.25) is 5.89 Å². The van der Waals surface area contributed by atoms with Crippen molar-refractivity contribution in [2.24, 2.45) is 0 Å². The van der Waals surface area contributed by atoms with E-state index in [1.54, 1.807) is 23.5 Å². The summed E-state index contributed by atoms with van der Waals surface area (Å²) in [6, 6.07) is 11.3. The Balaban J connectivity index is 1.60. The summed E-state index contributed by atoms with van der Waals surface area (Å²) in [5.41, 5.74) is 0.758. The van der Waals surface area contributed by atoms with Gasteiger partial charge in [0.1, 0.15) is 0 Å². The lowest BCUT2D eigenvalue weighted by Crippen LogP contribution is -2.07. The third kappa shape index (κ3) is 4.28. The zero-order valence-electron chi connectivity index (χ0n) is 11.9. The molecule has 0 atom stereocenters. The molecule has 7 heteroatoms. The Labute approximate surface area is 141 Å². The third-order valence-corrected chi connectivity index (χ3v) is 4.14. The summed E-state index contributed by atoms with van der Waals surface area (Å²) in [5, 5.41) is 12.8. The molecule has 5 nitrogen and oxygen atoms in total. The van der Waals surface area contributed by atoms with Crippen molar-refractivity contribution in [3.05, 3.63) is 69.2 Å². The largest absolute Gasteiger partial charge is 0.407 e. The average molecular weight is 346 g/mol. The Morgan fingerprint density at radius 1 is 1.26 bits per heavy atom. The molecule has 0 aliphatic carbocycles. The van der Waals surface area contributed by atoms with Crippen LogP contribution in [0.1, 0.15) is 16.3 Å². The summed E-state index contributed by atoms with van der Waals surface area (Å²) in [4.78, 5) is 13.0. The number of nitrogens with zero attached hydrogens (tertiary/aromatic N) is 2. The number of carbonyl (C=O) groups excluding carboxylic acids is 1. The number of carbonyl (C=O) groups is 1. The van der Waals surface area contributed by atoms with Crippen LogP contribution in [0, 0.1) is 0 Å². The van der Waals surface area contributed by atoms with E-state index in [0.29, 0.717) is 17.3 Å². The first-order valence-electron chi connectivity index (χ1n) is 6.79. The van der Waals surface area contributed by atoms with Crippen molar-refractivity contribution in [2.75, 3.05) is 5.32 Å². The number of hydrogen-bond acceptors (Lipinski definition) is 5. The number of halogens is 1. The summed E-state index contributed by atoms with van der Waals surface area (Å²) in [5.74, 6) is 0.0917. The number of amides is 1. The second kappa shape index (κ2) is 7.21. The highest BCUT2D eigenvalue weighted by Gasteiger charge is 2.09. The molecule has 0 fully saturated rings. The molecular formula is C16H12ClN3O2S. The molecular weight excluding hydrogens is 334 g/mol. The van der Waals surface area contributed by atoms with Crippen molar-refractivity contribution < 1.29 is 9.21 Å². The summed E-state index contributed by atoms with van der Waals surface area (Å²) in [6.07, 6.45) is 3.54.